The Kier molecular flexibility index (Phi) is 8.59. The molecule has 2 aliphatic rings. The van der Waals surface area contributed by atoms with Crippen LogP contribution in [-0.2, 0) is 6.42 Å². The molecule has 4 heterocycles. The van der Waals surface area contributed by atoms with E-state index in [1.807, 2.05) is 42.5 Å². The fraction of sp³-hybridized carbons (Fsp3) is 0.0635. The third-order valence-electron chi connectivity index (χ3n) is 14.8. The first-order valence-corrected chi connectivity index (χ1v) is 23.8. The molecule has 0 saturated carbocycles. The van der Waals surface area contributed by atoms with E-state index in [0.717, 1.165) is 125 Å². The number of aryl methyl sites for hydroxylation is 1. The monoisotopic (exact) mass is 893 g/mol. The van der Waals surface area contributed by atoms with Gasteiger partial charge in [0.05, 0.1) is 67.3 Å². The van der Waals surface area contributed by atoms with Gasteiger partial charge in [0.25, 0.3) is 0 Å². The van der Waals surface area contributed by atoms with Gasteiger partial charge in [0.1, 0.15) is 23.3 Å². The third kappa shape index (κ3) is 5.42. The van der Waals surface area contributed by atoms with Gasteiger partial charge >= 0.3 is 0 Å². The highest BCUT2D eigenvalue weighted by Crippen LogP contribution is 2.50. The van der Waals surface area contributed by atoms with Crippen molar-refractivity contribution in [1.82, 2.24) is 18.3 Å². The molecule has 0 amide bonds. The Hall–Kier alpha value is -9.61. The van der Waals surface area contributed by atoms with Gasteiger partial charge in [-0.1, -0.05) is 121 Å². The zero-order valence-corrected chi connectivity index (χ0v) is 37.9. The number of aromatic nitrogens is 4. The Morgan fingerprint density at radius 3 is 1.43 bits per heavy atom. The average molecular weight is 894 g/mol. The van der Waals surface area contributed by atoms with Gasteiger partial charge < -0.3 is 18.3 Å². The van der Waals surface area contributed by atoms with Crippen LogP contribution in [-0.4, -0.2) is 18.3 Å². The van der Waals surface area contributed by atoms with Crippen LogP contribution in [0.25, 0.3) is 116 Å². The van der Waals surface area contributed by atoms with E-state index in [0.29, 0.717) is 33.8 Å². The molecule has 4 aromatic heterocycles. The first kappa shape index (κ1) is 39.5. The topological polar surface area (TPSA) is 91.1 Å². The molecule has 0 N–H and O–H groups in total. The Morgan fingerprint density at radius 1 is 0.386 bits per heavy atom. The van der Waals surface area contributed by atoms with E-state index in [1.165, 1.54) is 5.56 Å². The summed E-state index contributed by atoms with van der Waals surface area (Å²) >= 11 is 0. The summed E-state index contributed by atoms with van der Waals surface area (Å²) in [7, 11) is 0. The number of para-hydroxylation sites is 5. The van der Waals surface area contributed by atoms with Crippen LogP contribution in [0.3, 0.4) is 0 Å². The number of fused-ring (bicyclic) bond motifs is 12. The molecule has 0 spiro atoms. The molecular formula is C63H39N7. The lowest BCUT2D eigenvalue weighted by molar-refractivity contribution is 0.963. The molecule has 7 nitrogen and oxygen atoms in total. The third-order valence-corrected chi connectivity index (χ3v) is 14.8. The second-order valence-electron chi connectivity index (χ2n) is 18.3. The molecule has 70 heavy (non-hydrogen) atoms. The van der Waals surface area contributed by atoms with Crippen LogP contribution in [0.4, 0.5) is 0 Å². The molecular weight excluding hydrogens is 855 g/mol. The molecule has 2 aliphatic carbocycles. The predicted molar refractivity (Wildman–Crippen MR) is 285 cm³/mol. The fourth-order valence-corrected chi connectivity index (χ4v) is 11.9. The molecule has 0 fully saturated rings. The van der Waals surface area contributed by atoms with Crippen molar-refractivity contribution in [3.63, 3.8) is 0 Å². The van der Waals surface area contributed by atoms with Crippen LogP contribution in [0.15, 0.2) is 182 Å². The van der Waals surface area contributed by atoms with Gasteiger partial charge in [0.15, 0.2) is 0 Å². The van der Waals surface area contributed by atoms with Crippen LogP contribution < -0.4 is 0 Å². The van der Waals surface area contributed by atoms with Crippen molar-refractivity contribution in [3.8, 4) is 46.4 Å². The van der Waals surface area contributed by atoms with Crippen LogP contribution in [0.2, 0.25) is 0 Å². The van der Waals surface area contributed by atoms with Crippen LogP contribution in [0.1, 0.15) is 47.2 Å². The van der Waals surface area contributed by atoms with Gasteiger partial charge in [-0.05, 0) is 104 Å². The van der Waals surface area contributed by atoms with Crippen molar-refractivity contribution in [3.05, 3.63) is 210 Å². The maximum Gasteiger partial charge on any atom is 0.104 e. The van der Waals surface area contributed by atoms with E-state index in [4.69, 9.17) is 0 Å². The van der Waals surface area contributed by atoms with Gasteiger partial charge in [0, 0.05) is 54.7 Å². The summed E-state index contributed by atoms with van der Waals surface area (Å²) in [5.41, 5.74) is 14.7. The van der Waals surface area contributed by atoms with E-state index in [1.54, 1.807) is 0 Å². The number of nitriles is 3. The first-order chi connectivity index (χ1) is 34.7. The quantitative estimate of drug-likeness (QED) is 0.172. The summed E-state index contributed by atoms with van der Waals surface area (Å²) < 4.78 is 9.09. The van der Waals surface area contributed by atoms with Gasteiger partial charge in [-0.3, -0.25) is 0 Å². The Balaban J connectivity index is 1.26. The molecule has 12 aromatic rings. The number of nitrogens with zero attached hydrogens (tertiary/aromatic N) is 7. The predicted octanol–water partition coefficient (Wildman–Crippen LogP) is 15.4. The van der Waals surface area contributed by atoms with Crippen LogP contribution >= 0.6 is 0 Å². The maximum atomic E-state index is 12.3. The lowest BCUT2D eigenvalue weighted by Crippen LogP contribution is -2.15. The minimum atomic E-state index is 0.355. The maximum absolute atomic E-state index is 12.3. The summed E-state index contributed by atoms with van der Waals surface area (Å²) in [5.74, 6) is 0. The average Bonchev–Trinajstić information content (AvgIpc) is 4.14. The number of allylic oxidation sites excluding steroid dienone is 5. The minimum Gasteiger partial charge on any atom is -0.310 e. The Bertz CT molecular complexity index is 4440. The summed E-state index contributed by atoms with van der Waals surface area (Å²) in [6, 6.07) is 62.3. The van der Waals surface area contributed by atoms with Crippen molar-refractivity contribution in [2.45, 2.75) is 25.7 Å². The Labute approximate surface area is 402 Å². The van der Waals surface area contributed by atoms with E-state index in [9.17, 15) is 15.8 Å². The zero-order chi connectivity index (χ0) is 46.6. The zero-order valence-electron chi connectivity index (χ0n) is 37.9. The number of benzene rings is 8. The number of hydrogen-bond donors (Lipinski definition) is 0. The van der Waals surface area contributed by atoms with Crippen molar-refractivity contribution >= 4 is 88.1 Å². The van der Waals surface area contributed by atoms with Gasteiger partial charge in [0.2, 0.25) is 0 Å². The van der Waals surface area contributed by atoms with Crippen LogP contribution in [0, 0.1) is 34.0 Å². The van der Waals surface area contributed by atoms with Crippen molar-refractivity contribution in [2.75, 3.05) is 0 Å². The van der Waals surface area contributed by atoms with Crippen molar-refractivity contribution in [1.29, 1.82) is 15.8 Å². The Morgan fingerprint density at radius 2 is 0.871 bits per heavy atom. The molecule has 0 unspecified atom stereocenters. The molecule has 0 radical (unpaired) electrons. The number of rotatable bonds is 5. The second-order valence-corrected chi connectivity index (χ2v) is 18.3. The SMILES string of the molecule is N#Cc1ccc(-c2c(-n3c4c(c5ccccc53)CCC=C4)c(C#N)c(-n3c4ccccc4c4cc5c6ccccc6n(C6=CCCC=C6)c5cc43)c(C#N)c2-n2c3ccccc3c3ccccc32)cc1. The fourth-order valence-electron chi connectivity index (χ4n) is 11.9. The van der Waals surface area contributed by atoms with E-state index < -0.39 is 0 Å². The summed E-state index contributed by atoms with van der Waals surface area (Å²) in [4.78, 5) is 0. The van der Waals surface area contributed by atoms with E-state index >= 15 is 0 Å². The molecule has 326 valence electrons. The highest BCUT2D eigenvalue weighted by atomic mass is 15.1. The van der Waals surface area contributed by atoms with E-state index in [2.05, 4.69) is 182 Å². The van der Waals surface area contributed by atoms with Crippen molar-refractivity contribution < 1.29 is 0 Å². The lowest BCUT2D eigenvalue weighted by atomic mass is 9.91. The normalized spacial score (nSPS) is 13.4. The molecule has 0 atom stereocenters. The molecule has 14 rings (SSSR count). The standard InChI is InChI=1S/C63H39N7/c64-36-39-30-32-40(33-31-39)60-62(68-53-25-11-4-18-42(53)43-19-5-12-26-54(43)68)50(37-65)61(51(38-66)63(60)69-55-27-13-6-20-44(55)45-21-7-14-28-56(45)69)70-57-29-15-9-23-47(57)49-34-48-46-22-8-10-24-52(46)67(58(48)35-59(49)70)41-16-2-1-3-17-41/h2,4-6,8-20,22-35H,1,3,7,21H2. The number of hydrogen-bond acceptors (Lipinski definition) is 3. The highest BCUT2D eigenvalue weighted by Gasteiger charge is 2.34. The molecule has 0 bridgehead atoms. The van der Waals surface area contributed by atoms with Crippen LogP contribution in [0.5, 0.6) is 0 Å². The summed E-state index contributed by atoms with van der Waals surface area (Å²) in [6.45, 7) is 0. The summed E-state index contributed by atoms with van der Waals surface area (Å²) in [6.07, 6.45) is 14.9. The van der Waals surface area contributed by atoms with E-state index in [-0.39, 0.29) is 0 Å². The minimum absolute atomic E-state index is 0.355. The first-order valence-electron chi connectivity index (χ1n) is 23.8. The highest BCUT2D eigenvalue weighted by molar-refractivity contribution is 6.20. The van der Waals surface area contributed by atoms with Gasteiger partial charge in [-0.2, -0.15) is 15.8 Å². The largest absolute Gasteiger partial charge is 0.310 e. The molecule has 7 heteroatoms. The second kappa shape index (κ2) is 15.2. The molecule has 0 saturated heterocycles. The molecule has 0 aliphatic heterocycles. The lowest BCUT2D eigenvalue weighted by Gasteiger charge is -2.26. The molecule has 8 aromatic carbocycles. The smallest absolute Gasteiger partial charge is 0.104 e. The van der Waals surface area contributed by atoms with Gasteiger partial charge in [-0.15, -0.1) is 0 Å². The van der Waals surface area contributed by atoms with Gasteiger partial charge in [-0.25, -0.2) is 0 Å². The summed E-state index contributed by atoms with van der Waals surface area (Å²) in [5, 5.41) is 42.2. The van der Waals surface area contributed by atoms with Crippen molar-refractivity contribution in [2.24, 2.45) is 0 Å².